The Labute approximate surface area is 171 Å². The topological polar surface area (TPSA) is 106 Å². The van der Waals surface area contributed by atoms with Crippen molar-refractivity contribution in [2.75, 3.05) is 12.4 Å². The fraction of sp³-hybridized carbons (Fsp3) is 0.150. The van der Waals surface area contributed by atoms with Gasteiger partial charge in [-0.05, 0) is 31.2 Å². The first kappa shape index (κ1) is 20.2. The minimum atomic E-state index is -0.344. The molecule has 148 valence electrons. The van der Waals surface area contributed by atoms with Gasteiger partial charge in [-0.3, -0.25) is 14.9 Å². The van der Waals surface area contributed by atoms with E-state index in [1.807, 2.05) is 37.3 Å². The van der Waals surface area contributed by atoms with Gasteiger partial charge in [0.15, 0.2) is 0 Å². The summed E-state index contributed by atoms with van der Waals surface area (Å²) in [5, 5.41) is 15.3. The van der Waals surface area contributed by atoms with Gasteiger partial charge in [0.05, 0.1) is 19.7 Å². The van der Waals surface area contributed by atoms with Gasteiger partial charge in [-0.1, -0.05) is 41.2 Å². The monoisotopic (exact) mass is 409 g/mol. The number of methoxy groups -OCH3 is 1. The zero-order chi connectivity index (χ0) is 20.6. The first-order chi connectivity index (χ1) is 14.0. The van der Waals surface area contributed by atoms with Crippen molar-refractivity contribution in [2.24, 2.45) is 5.10 Å². The van der Waals surface area contributed by atoms with Crippen LogP contribution in [0, 0.1) is 6.92 Å². The van der Waals surface area contributed by atoms with Gasteiger partial charge in [-0.2, -0.15) is 5.10 Å². The number of amides is 2. The molecule has 1 heterocycles. The van der Waals surface area contributed by atoms with E-state index in [4.69, 9.17) is 4.74 Å². The van der Waals surface area contributed by atoms with Crippen molar-refractivity contribution in [1.82, 2.24) is 15.6 Å². The molecule has 1 aromatic heterocycles. The number of para-hydroxylation sites is 1. The highest BCUT2D eigenvalue weighted by Gasteiger charge is 2.12. The molecule has 0 radical (unpaired) electrons. The normalized spacial score (nSPS) is 10.7. The van der Waals surface area contributed by atoms with Crippen molar-refractivity contribution in [3.8, 4) is 5.75 Å². The number of hydrazone groups is 1. The molecule has 0 atom stereocenters. The number of hydrogen-bond donors (Lipinski definition) is 2. The highest BCUT2D eigenvalue weighted by Crippen LogP contribution is 2.17. The minimum Gasteiger partial charge on any atom is -0.496 e. The molecule has 0 spiro atoms. The predicted molar refractivity (Wildman–Crippen MR) is 111 cm³/mol. The van der Waals surface area contributed by atoms with E-state index in [9.17, 15) is 9.59 Å². The van der Waals surface area contributed by atoms with Crippen LogP contribution in [0.3, 0.4) is 0 Å². The number of rotatable bonds is 7. The lowest BCUT2D eigenvalue weighted by Gasteiger charge is -2.03. The van der Waals surface area contributed by atoms with Crippen molar-refractivity contribution in [1.29, 1.82) is 0 Å². The summed E-state index contributed by atoms with van der Waals surface area (Å²) in [6, 6.07) is 14.5. The second-order valence-corrected chi connectivity index (χ2v) is 7.10. The standard InChI is InChI=1S/C20H19N5O3S/c1-13-6-5-8-14(10-13)19(27)22-20-25-24-18(29-20)11-17(26)23-21-12-15-7-3-4-9-16(15)28-2/h3-10,12H,11H2,1-2H3,(H,23,26)(H,22,25,27)/b21-12-. The Hall–Kier alpha value is -3.59. The largest absolute Gasteiger partial charge is 0.496 e. The Bertz CT molecular complexity index is 1050. The first-order valence-electron chi connectivity index (χ1n) is 8.70. The third kappa shape index (κ3) is 5.69. The van der Waals surface area contributed by atoms with E-state index in [1.165, 1.54) is 6.21 Å². The van der Waals surface area contributed by atoms with Gasteiger partial charge in [0.25, 0.3) is 5.91 Å². The maximum absolute atomic E-state index is 12.2. The van der Waals surface area contributed by atoms with Gasteiger partial charge >= 0.3 is 0 Å². The molecule has 9 heteroatoms. The molecule has 0 bridgehead atoms. The molecule has 3 rings (SSSR count). The fourth-order valence-electron chi connectivity index (χ4n) is 2.45. The van der Waals surface area contributed by atoms with Gasteiger partial charge in [0, 0.05) is 11.1 Å². The Morgan fingerprint density at radius 2 is 2.00 bits per heavy atom. The van der Waals surface area contributed by atoms with Crippen LogP contribution in [0.1, 0.15) is 26.5 Å². The number of aryl methyl sites for hydroxylation is 1. The Balaban J connectivity index is 1.53. The summed E-state index contributed by atoms with van der Waals surface area (Å²) < 4.78 is 5.22. The lowest BCUT2D eigenvalue weighted by Crippen LogP contribution is -2.19. The van der Waals surface area contributed by atoms with Crippen LogP contribution in [0.25, 0.3) is 0 Å². The van der Waals surface area contributed by atoms with Crippen LogP contribution < -0.4 is 15.5 Å². The number of carbonyl (C=O) groups excluding carboxylic acids is 2. The zero-order valence-electron chi connectivity index (χ0n) is 15.9. The number of hydrogen-bond acceptors (Lipinski definition) is 7. The predicted octanol–water partition coefficient (Wildman–Crippen LogP) is 2.80. The molecule has 3 aromatic rings. The number of anilines is 1. The van der Waals surface area contributed by atoms with E-state index in [2.05, 4.69) is 26.0 Å². The number of nitrogens with zero attached hydrogens (tertiary/aromatic N) is 3. The number of nitrogens with one attached hydrogen (secondary N) is 2. The highest BCUT2D eigenvalue weighted by molar-refractivity contribution is 7.15. The van der Waals surface area contributed by atoms with Crippen LogP contribution in [-0.2, 0) is 11.2 Å². The molecule has 0 aliphatic carbocycles. The maximum Gasteiger partial charge on any atom is 0.257 e. The summed E-state index contributed by atoms with van der Waals surface area (Å²) >= 11 is 1.14. The van der Waals surface area contributed by atoms with Gasteiger partial charge in [0.2, 0.25) is 11.0 Å². The van der Waals surface area contributed by atoms with E-state index >= 15 is 0 Å². The van der Waals surface area contributed by atoms with Gasteiger partial charge in [-0.15, -0.1) is 10.2 Å². The molecule has 0 unspecified atom stereocenters. The summed E-state index contributed by atoms with van der Waals surface area (Å²) in [5.41, 5.74) is 4.70. The van der Waals surface area contributed by atoms with Crippen LogP contribution in [0.5, 0.6) is 5.75 Å². The third-order valence-electron chi connectivity index (χ3n) is 3.81. The summed E-state index contributed by atoms with van der Waals surface area (Å²) in [6.45, 7) is 1.91. The van der Waals surface area contributed by atoms with Crippen LogP contribution >= 0.6 is 11.3 Å². The first-order valence-corrected chi connectivity index (χ1v) is 9.52. The van der Waals surface area contributed by atoms with Crippen LogP contribution in [0.15, 0.2) is 53.6 Å². The SMILES string of the molecule is COc1ccccc1/C=N\NC(=O)Cc1nnc(NC(=O)c2cccc(C)c2)s1. The molecular formula is C20H19N5O3S. The van der Waals surface area contributed by atoms with Crippen LogP contribution in [-0.4, -0.2) is 35.3 Å². The summed E-state index contributed by atoms with van der Waals surface area (Å²) in [7, 11) is 1.57. The molecule has 2 N–H and O–H groups in total. The zero-order valence-corrected chi connectivity index (χ0v) is 16.7. The summed E-state index contributed by atoms with van der Waals surface area (Å²) in [4.78, 5) is 24.3. The van der Waals surface area contributed by atoms with E-state index in [-0.39, 0.29) is 18.2 Å². The second-order valence-electron chi connectivity index (χ2n) is 6.04. The number of benzene rings is 2. The van der Waals surface area contributed by atoms with Gasteiger partial charge in [-0.25, -0.2) is 5.43 Å². The molecule has 0 aliphatic heterocycles. The fourth-order valence-corrected chi connectivity index (χ4v) is 3.19. The highest BCUT2D eigenvalue weighted by atomic mass is 32.1. The Morgan fingerprint density at radius 3 is 2.79 bits per heavy atom. The lowest BCUT2D eigenvalue weighted by molar-refractivity contribution is -0.120. The van der Waals surface area contributed by atoms with E-state index in [1.54, 1.807) is 25.3 Å². The molecule has 0 aliphatic rings. The summed E-state index contributed by atoms with van der Waals surface area (Å²) in [6.07, 6.45) is 1.51. The Kier molecular flexibility index (Phi) is 6.64. The molecule has 8 nitrogen and oxygen atoms in total. The van der Waals surface area contributed by atoms with Gasteiger partial charge in [0.1, 0.15) is 10.8 Å². The second kappa shape index (κ2) is 9.56. The quantitative estimate of drug-likeness (QED) is 0.461. The number of carbonyl (C=O) groups is 2. The minimum absolute atomic E-state index is 0.00124. The molecule has 0 saturated heterocycles. The lowest BCUT2D eigenvalue weighted by atomic mass is 10.1. The van der Waals surface area contributed by atoms with E-state index in [0.717, 1.165) is 22.5 Å². The maximum atomic E-state index is 12.2. The molecule has 2 amide bonds. The number of ether oxygens (including phenoxy) is 1. The van der Waals surface area contributed by atoms with Crippen molar-refractivity contribution in [3.05, 3.63) is 70.2 Å². The summed E-state index contributed by atoms with van der Waals surface area (Å²) in [5.74, 6) is 0.0368. The van der Waals surface area contributed by atoms with Crippen molar-refractivity contribution in [3.63, 3.8) is 0 Å². The number of aromatic nitrogens is 2. The van der Waals surface area contributed by atoms with Gasteiger partial charge < -0.3 is 4.74 Å². The van der Waals surface area contributed by atoms with Crippen LogP contribution in [0.2, 0.25) is 0 Å². The Morgan fingerprint density at radius 1 is 1.17 bits per heavy atom. The smallest absolute Gasteiger partial charge is 0.257 e. The van der Waals surface area contributed by atoms with E-state index < -0.39 is 0 Å². The van der Waals surface area contributed by atoms with Crippen molar-refractivity contribution in [2.45, 2.75) is 13.3 Å². The molecule has 0 saturated carbocycles. The molecule has 0 fully saturated rings. The average Bonchev–Trinajstić information content (AvgIpc) is 3.15. The van der Waals surface area contributed by atoms with E-state index in [0.29, 0.717) is 21.5 Å². The molecular weight excluding hydrogens is 390 g/mol. The molecule has 29 heavy (non-hydrogen) atoms. The van der Waals surface area contributed by atoms with Crippen LogP contribution in [0.4, 0.5) is 5.13 Å². The van der Waals surface area contributed by atoms with Crippen molar-refractivity contribution >= 4 is 34.5 Å². The average molecular weight is 409 g/mol. The molecule has 2 aromatic carbocycles. The third-order valence-corrected chi connectivity index (χ3v) is 4.65. The van der Waals surface area contributed by atoms with Crippen molar-refractivity contribution < 1.29 is 14.3 Å².